The minimum Gasteiger partial charge on any atom is -0.480 e. The molecule has 0 bridgehead atoms. The first kappa shape index (κ1) is 21.4. The summed E-state index contributed by atoms with van der Waals surface area (Å²) in [6, 6.07) is 5.30. The van der Waals surface area contributed by atoms with E-state index in [-0.39, 0.29) is 18.2 Å². The molecule has 0 spiro atoms. The zero-order chi connectivity index (χ0) is 19.7. The number of carboxylic acid groups (broad SMARTS) is 1. The highest BCUT2D eigenvalue weighted by molar-refractivity contribution is 5.99. The number of aliphatic carboxylic acids is 1. The SMILES string of the molecule is C=CCCC(NC(=O)C(CC(C)C)NC(=O)c1ccccc1C)C(=O)O. The normalized spacial score (nSPS) is 12.9. The monoisotopic (exact) mass is 360 g/mol. The second-order valence-corrected chi connectivity index (χ2v) is 6.74. The van der Waals surface area contributed by atoms with Gasteiger partial charge < -0.3 is 15.7 Å². The lowest BCUT2D eigenvalue weighted by Gasteiger charge is -2.23. The first-order valence-electron chi connectivity index (χ1n) is 8.76. The summed E-state index contributed by atoms with van der Waals surface area (Å²) in [5.74, 6) is -1.79. The zero-order valence-electron chi connectivity index (χ0n) is 15.6. The van der Waals surface area contributed by atoms with E-state index in [1.165, 1.54) is 0 Å². The number of hydrogen-bond donors (Lipinski definition) is 3. The average Bonchev–Trinajstić information content (AvgIpc) is 2.57. The van der Waals surface area contributed by atoms with Crippen molar-refractivity contribution in [1.29, 1.82) is 0 Å². The van der Waals surface area contributed by atoms with Crippen molar-refractivity contribution in [2.75, 3.05) is 0 Å². The molecule has 6 heteroatoms. The van der Waals surface area contributed by atoms with Crippen molar-refractivity contribution in [3.8, 4) is 0 Å². The van der Waals surface area contributed by atoms with E-state index >= 15 is 0 Å². The second-order valence-electron chi connectivity index (χ2n) is 6.74. The van der Waals surface area contributed by atoms with Gasteiger partial charge in [-0.05, 0) is 43.7 Å². The van der Waals surface area contributed by atoms with Crippen molar-refractivity contribution in [2.24, 2.45) is 5.92 Å². The molecule has 0 aliphatic carbocycles. The van der Waals surface area contributed by atoms with Gasteiger partial charge >= 0.3 is 5.97 Å². The number of amides is 2. The largest absolute Gasteiger partial charge is 0.480 e. The topological polar surface area (TPSA) is 95.5 Å². The molecule has 6 nitrogen and oxygen atoms in total. The van der Waals surface area contributed by atoms with Crippen LogP contribution in [0.2, 0.25) is 0 Å². The van der Waals surface area contributed by atoms with Crippen LogP contribution in [0.4, 0.5) is 0 Å². The van der Waals surface area contributed by atoms with Crippen molar-refractivity contribution >= 4 is 17.8 Å². The summed E-state index contributed by atoms with van der Waals surface area (Å²) in [4.78, 5) is 36.5. The van der Waals surface area contributed by atoms with Gasteiger partial charge in [0.15, 0.2) is 0 Å². The van der Waals surface area contributed by atoms with Gasteiger partial charge in [0.1, 0.15) is 12.1 Å². The van der Waals surface area contributed by atoms with Gasteiger partial charge in [0.25, 0.3) is 5.91 Å². The Kier molecular flexibility index (Phi) is 8.55. The van der Waals surface area contributed by atoms with Crippen LogP contribution in [0.15, 0.2) is 36.9 Å². The summed E-state index contributed by atoms with van der Waals surface area (Å²) in [5.41, 5.74) is 1.30. The molecule has 2 unspecified atom stereocenters. The Balaban J connectivity index is 2.89. The molecular formula is C20H28N2O4. The van der Waals surface area contributed by atoms with Crippen LogP contribution in [0.1, 0.15) is 49.0 Å². The van der Waals surface area contributed by atoms with Gasteiger partial charge in [-0.1, -0.05) is 38.1 Å². The number of carbonyl (C=O) groups excluding carboxylic acids is 2. The molecule has 0 heterocycles. The Morgan fingerprint density at radius 2 is 1.81 bits per heavy atom. The molecule has 1 aromatic rings. The lowest BCUT2D eigenvalue weighted by molar-refractivity contribution is -0.142. The number of carbonyl (C=O) groups is 3. The highest BCUT2D eigenvalue weighted by Gasteiger charge is 2.27. The predicted octanol–water partition coefficient (Wildman–Crippen LogP) is 2.68. The summed E-state index contributed by atoms with van der Waals surface area (Å²) in [5, 5.41) is 14.5. The average molecular weight is 360 g/mol. The van der Waals surface area contributed by atoms with Crippen LogP contribution < -0.4 is 10.6 Å². The van der Waals surface area contributed by atoms with Crippen LogP contribution in [-0.4, -0.2) is 35.0 Å². The zero-order valence-corrected chi connectivity index (χ0v) is 15.6. The standard InChI is InChI=1S/C20H28N2O4/c1-5-6-11-16(20(25)26)21-19(24)17(12-13(2)3)22-18(23)15-10-8-7-9-14(15)4/h5,7-10,13,16-17H,1,6,11-12H2,2-4H3,(H,21,24)(H,22,23)(H,25,26). The second kappa shape index (κ2) is 10.4. The van der Waals surface area contributed by atoms with Gasteiger partial charge in [-0.2, -0.15) is 0 Å². The fourth-order valence-electron chi connectivity index (χ4n) is 2.58. The quantitative estimate of drug-likeness (QED) is 0.559. The van der Waals surface area contributed by atoms with Crippen LogP contribution in [0.3, 0.4) is 0 Å². The highest BCUT2D eigenvalue weighted by atomic mass is 16.4. The van der Waals surface area contributed by atoms with Crippen LogP contribution in [0.25, 0.3) is 0 Å². The molecule has 3 N–H and O–H groups in total. The number of benzene rings is 1. The number of hydrogen-bond acceptors (Lipinski definition) is 3. The minimum absolute atomic E-state index is 0.152. The highest BCUT2D eigenvalue weighted by Crippen LogP contribution is 2.11. The molecule has 0 aliphatic heterocycles. The lowest BCUT2D eigenvalue weighted by atomic mass is 10.0. The molecule has 0 aliphatic rings. The molecule has 26 heavy (non-hydrogen) atoms. The van der Waals surface area contributed by atoms with Crippen LogP contribution >= 0.6 is 0 Å². The molecule has 1 rings (SSSR count). The van der Waals surface area contributed by atoms with Crippen molar-refractivity contribution in [3.63, 3.8) is 0 Å². The lowest BCUT2D eigenvalue weighted by Crippen LogP contribution is -2.52. The fraction of sp³-hybridized carbons (Fsp3) is 0.450. The number of nitrogens with one attached hydrogen (secondary N) is 2. The molecule has 142 valence electrons. The van der Waals surface area contributed by atoms with Crippen LogP contribution in [0.5, 0.6) is 0 Å². The first-order chi connectivity index (χ1) is 12.3. The van der Waals surface area contributed by atoms with E-state index in [1.807, 2.05) is 32.9 Å². The van der Waals surface area contributed by atoms with Crippen molar-refractivity contribution in [1.82, 2.24) is 10.6 Å². The van der Waals surface area contributed by atoms with Crippen molar-refractivity contribution < 1.29 is 19.5 Å². The molecule has 0 radical (unpaired) electrons. The van der Waals surface area contributed by atoms with E-state index in [0.29, 0.717) is 18.4 Å². The molecule has 2 atom stereocenters. The van der Waals surface area contributed by atoms with E-state index in [1.54, 1.807) is 18.2 Å². The third kappa shape index (κ3) is 6.70. The van der Waals surface area contributed by atoms with Gasteiger partial charge in [-0.25, -0.2) is 4.79 Å². The number of aryl methyl sites for hydroxylation is 1. The van der Waals surface area contributed by atoms with E-state index in [4.69, 9.17) is 0 Å². The molecule has 1 aromatic carbocycles. The Bertz CT molecular complexity index is 655. The maximum Gasteiger partial charge on any atom is 0.326 e. The maximum atomic E-state index is 12.6. The maximum absolute atomic E-state index is 12.6. The fourth-order valence-corrected chi connectivity index (χ4v) is 2.58. The number of allylic oxidation sites excluding steroid dienone is 1. The first-order valence-corrected chi connectivity index (χ1v) is 8.76. The molecule has 0 saturated heterocycles. The van der Waals surface area contributed by atoms with E-state index in [9.17, 15) is 19.5 Å². The number of carboxylic acids is 1. The Morgan fingerprint density at radius 3 is 2.35 bits per heavy atom. The molecule has 0 saturated carbocycles. The third-order valence-electron chi connectivity index (χ3n) is 3.99. The van der Waals surface area contributed by atoms with Crippen LogP contribution in [-0.2, 0) is 9.59 Å². The van der Waals surface area contributed by atoms with Gasteiger partial charge in [0.05, 0.1) is 0 Å². The van der Waals surface area contributed by atoms with Gasteiger partial charge in [-0.3, -0.25) is 9.59 Å². The molecule has 0 fully saturated rings. The summed E-state index contributed by atoms with van der Waals surface area (Å²) in [7, 11) is 0. The van der Waals surface area contributed by atoms with Gasteiger partial charge in [-0.15, -0.1) is 6.58 Å². The summed E-state index contributed by atoms with van der Waals surface area (Å²) >= 11 is 0. The van der Waals surface area contributed by atoms with Crippen molar-refractivity contribution in [2.45, 2.75) is 52.1 Å². The van der Waals surface area contributed by atoms with Gasteiger partial charge in [0, 0.05) is 5.56 Å². The summed E-state index contributed by atoms with van der Waals surface area (Å²) in [6.07, 6.45) is 2.75. The van der Waals surface area contributed by atoms with Gasteiger partial charge in [0.2, 0.25) is 5.91 Å². The summed E-state index contributed by atoms with van der Waals surface area (Å²) in [6.45, 7) is 9.26. The molecular weight excluding hydrogens is 332 g/mol. The Hall–Kier alpha value is -2.63. The summed E-state index contributed by atoms with van der Waals surface area (Å²) < 4.78 is 0. The minimum atomic E-state index is -1.10. The van der Waals surface area contributed by atoms with E-state index in [2.05, 4.69) is 17.2 Å². The molecule has 2 amide bonds. The number of rotatable bonds is 10. The predicted molar refractivity (Wildman–Crippen MR) is 101 cm³/mol. The van der Waals surface area contributed by atoms with E-state index in [0.717, 1.165) is 5.56 Å². The third-order valence-corrected chi connectivity index (χ3v) is 3.99. The van der Waals surface area contributed by atoms with Crippen LogP contribution in [0, 0.1) is 12.8 Å². The van der Waals surface area contributed by atoms with Crippen molar-refractivity contribution in [3.05, 3.63) is 48.0 Å². The molecule has 0 aromatic heterocycles. The Labute approximate surface area is 154 Å². The smallest absolute Gasteiger partial charge is 0.326 e. The Morgan fingerprint density at radius 1 is 1.15 bits per heavy atom. The van der Waals surface area contributed by atoms with E-state index < -0.39 is 24.0 Å².